The van der Waals surface area contributed by atoms with Crippen LogP contribution in [0.5, 0.6) is 0 Å². The zero-order valence-corrected chi connectivity index (χ0v) is 18.7. The minimum atomic E-state index is 0.0868. The zero-order chi connectivity index (χ0) is 21.2. The number of carbonyl (C=O) groups excluding carboxylic acids is 1. The van der Waals surface area contributed by atoms with Crippen LogP contribution in [0, 0.1) is 5.92 Å². The van der Waals surface area contributed by atoms with Crippen molar-refractivity contribution in [3.05, 3.63) is 24.2 Å². The van der Waals surface area contributed by atoms with E-state index in [1.54, 1.807) is 0 Å². The summed E-state index contributed by atoms with van der Waals surface area (Å²) in [5.41, 5.74) is 3.06. The van der Waals surface area contributed by atoms with E-state index in [9.17, 15) is 4.79 Å². The lowest BCUT2D eigenvalue weighted by atomic mass is 9.86. The molecular formula is C24H34N6O. The van der Waals surface area contributed by atoms with Crippen molar-refractivity contribution in [3.8, 4) is 11.3 Å². The fourth-order valence-corrected chi connectivity index (χ4v) is 5.71. The third-order valence-electron chi connectivity index (χ3n) is 7.37. The molecule has 1 amide bonds. The van der Waals surface area contributed by atoms with E-state index in [0.29, 0.717) is 18.2 Å². The smallest absolute Gasteiger partial charge is 0.225 e. The van der Waals surface area contributed by atoms with E-state index in [1.807, 2.05) is 30.2 Å². The minimum Gasteiger partial charge on any atom is -0.341 e. The van der Waals surface area contributed by atoms with Gasteiger partial charge in [-0.05, 0) is 50.5 Å². The van der Waals surface area contributed by atoms with Crippen molar-refractivity contribution in [2.45, 2.75) is 70.3 Å². The lowest BCUT2D eigenvalue weighted by molar-refractivity contribution is -0.133. The third-order valence-corrected chi connectivity index (χ3v) is 7.37. The van der Waals surface area contributed by atoms with Gasteiger partial charge in [-0.2, -0.15) is 5.10 Å². The highest BCUT2D eigenvalue weighted by molar-refractivity contribution is 5.78. The number of aryl methyl sites for hydroxylation is 1. The van der Waals surface area contributed by atoms with E-state index in [-0.39, 0.29) is 6.04 Å². The van der Waals surface area contributed by atoms with Crippen molar-refractivity contribution in [2.75, 3.05) is 24.5 Å². The molecule has 0 N–H and O–H groups in total. The van der Waals surface area contributed by atoms with Crippen LogP contribution in [0.3, 0.4) is 0 Å². The SMILES string of the molecule is Cn1ncc(-c2ccnc(N3CCCC3)n2)c1[C@@H]1CCCN1C(=O)CC1CCCCC1. The summed E-state index contributed by atoms with van der Waals surface area (Å²) in [6.07, 6.45) is 15.2. The monoisotopic (exact) mass is 422 g/mol. The van der Waals surface area contributed by atoms with Crippen LogP contribution in [-0.4, -0.2) is 50.2 Å². The molecule has 1 saturated carbocycles. The summed E-state index contributed by atoms with van der Waals surface area (Å²) in [5, 5.41) is 4.58. The van der Waals surface area contributed by atoms with Crippen molar-refractivity contribution >= 4 is 11.9 Å². The molecule has 0 radical (unpaired) electrons. The maximum Gasteiger partial charge on any atom is 0.225 e. The average Bonchev–Trinajstić information content (AvgIpc) is 3.55. The van der Waals surface area contributed by atoms with Gasteiger partial charge in [0.2, 0.25) is 11.9 Å². The molecule has 5 rings (SSSR count). The Morgan fingerprint density at radius 1 is 1.03 bits per heavy atom. The highest BCUT2D eigenvalue weighted by atomic mass is 16.2. The Morgan fingerprint density at radius 2 is 1.84 bits per heavy atom. The van der Waals surface area contributed by atoms with E-state index >= 15 is 0 Å². The number of likely N-dealkylation sites (tertiary alicyclic amines) is 1. The first-order chi connectivity index (χ1) is 15.2. The molecule has 1 atom stereocenters. The van der Waals surface area contributed by atoms with Gasteiger partial charge in [0.15, 0.2) is 0 Å². The number of hydrogen-bond donors (Lipinski definition) is 0. The summed E-state index contributed by atoms with van der Waals surface area (Å²) < 4.78 is 1.95. The van der Waals surface area contributed by atoms with Crippen LogP contribution in [0.1, 0.15) is 75.9 Å². The van der Waals surface area contributed by atoms with Crippen LogP contribution >= 0.6 is 0 Å². The summed E-state index contributed by atoms with van der Waals surface area (Å²) >= 11 is 0. The Kier molecular flexibility index (Phi) is 5.92. The van der Waals surface area contributed by atoms with E-state index in [4.69, 9.17) is 4.98 Å². The highest BCUT2D eigenvalue weighted by Crippen LogP contribution is 2.38. The van der Waals surface area contributed by atoms with Crippen molar-refractivity contribution in [3.63, 3.8) is 0 Å². The molecule has 166 valence electrons. The number of hydrogen-bond acceptors (Lipinski definition) is 5. The van der Waals surface area contributed by atoms with Gasteiger partial charge >= 0.3 is 0 Å². The molecule has 2 aromatic rings. The second-order valence-corrected chi connectivity index (χ2v) is 9.46. The first-order valence-electron chi connectivity index (χ1n) is 12.1. The molecule has 7 heteroatoms. The Hall–Kier alpha value is -2.44. The molecule has 2 aliphatic heterocycles. The number of rotatable bonds is 5. The van der Waals surface area contributed by atoms with Gasteiger partial charge < -0.3 is 9.80 Å². The topological polar surface area (TPSA) is 67.2 Å². The maximum absolute atomic E-state index is 13.3. The molecule has 0 spiro atoms. The molecule has 7 nitrogen and oxygen atoms in total. The summed E-state index contributed by atoms with van der Waals surface area (Å²) in [6, 6.07) is 2.06. The van der Waals surface area contributed by atoms with Crippen molar-refractivity contribution in [1.29, 1.82) is 0 Å². The first-order valence-corrected chi connectivity index (χ1v) is 12.1. The Bertz CT molecular complexity index is 913. The van der Waals surface area contributed by atoms with Gasteiger partial charge in [-0.3, -0.25) is 9.48 Å². The van der Waals surface area contributed by atoms with E-state index in [0.717, 1.165) is 55.4 Å². The molecule has 3 fully saturated rings. The van der Waals surface area contributed by atoms with Crippen LogP contribution in [0.2, 0.25) is 0 Å². The standard InChI is InChI=1S/C24H34N6O/c1-28-23(21-10-7-15-30(21)22(31)16-18-8-3-2-4-9-18)19(17-26-28)20-11-12-25-24(27-20)29-13-5-6-14-29/h11-12,17-18,21H,2-10,13-16H2,1H3/t21-/m0/s1. The van der Waals surface area contributed by atoms with Crippen molar-refractivity contribution in [1.82, 2.24) is 24.6 Å². The number of carbonyl (C=O) groups is 1. The van der Waals surface area contributed by atoms with Crippen LogP contribution in [0.4, 0.5) is 5.95 Å². The van der Waals surface area contributed by atoms with Gasteiger partial charge in [-0.1, -0.05) is 19.3 Å². The Balaban J connectivity index is 1.40. The quantitative estimate of drug-likeness (QED) is 0.725. The van der Waals surface area contributed by atoms with Crippen LogP contribution in [-0.2, 0) is 11.8 Å². The van der Waals surface area contributed by atoms with Gasteiger partial charge in [0.25, 0.3) is 0 Å². The lowest BCUT2D eigenvalue weighted by Gasteiger charge is -2.29. The normalized spacial score (nSPS) is 22.4. The zero-order valence-electron chi connectivity index (χ0n) is 18.7. The van der Waals surface area contributed by atoms with Crippen LogP contribution in [0.25, 0.3) is 11.3 Å². The first kappa shape index (κ1) is 20.5. The molecule has 2 aromatic heterocycles. The van der Waals surface area contributed by atoms with Crippen LogP contribution in [0.15, 0.2) is 18.5 Å². The van der Waals surface area contributed by atoms with Gasteiger partial charge in [0.05, 0.1) is 23.6 Å². The van der Waals surface area contributed by atoms with Gasteiger partial charge in [-0.25, -0.2) is 9.97 Å². The van der Waals surface area contributed by atoms with E-state index in [2.05, 4.69) is 19.9 Å². The van der Waals surface area contributed by atoms with Crippen molar-refractivity contribution < 1.29 is 4.79 Å². The maximum atomic E-state index is 13.3. The van der Waals surface area contributed by atoms with E-state index < -0.39 is 0 Å². The Labute approximate surface area is 184 Å². The molecule has 1 aliphatic carbocycles. The second kappa shape index (κ2) is 8.97. The molecule has 31 heavy (non-hydrogen) atoms. The fourth-order valence-electron chi connectivity index (χ4n) is 5.71. The lowest BCUT2D eigenvalue weighted by Crippen LogP contribution is -2.33. The molecular weight excluding hydrogens is 388 g/mol. The predicted octanol–water partition coefficient (Wildman–Crippen LogP) is 4.11. The van der Waals surface area contributed by atoms with E-state index in [1.165, 1.54) is 44.9 Å². The number of amides is 1. The summed E-state index contributed by atoms with van der Waals surface area (Å²) in [5.74, 6) is 1.70. The molecule has 2 saturated heterocycles. The molecule has 3 aliphatic rings. The van der Waals surface area contributed by atoms with Crippen molar-refractivity contribution in [2.24, 2.45) is 13.0 Å². The van der Waals surface area contributed by atoms with Gasteiger partial charge in [-0.15, -0.1) is 0 Å². The van der Waals surface area contributed by atoms with Crippen LogP contribution < -0.4 is 4.90 Å². The van der Waals surface area contributed by atoms with Gasteiger partial charge in [0, 0.05) is 44.9 Å². The molecule has 0 unspecified atom stereocenters. The van der Waals surface area contributed by atoms with Gasteiger partial charge in [0.1, 0.15) is 0 Å². The Morgan fingerprint density at radius 3 is 2.65 bits per heavy atom. The molecule has 4 heterocycles. The predicted molar refractivity (Wildman–Crippen MR) is 121 cm³/mol. The third kappa shape index (κ3) is 4.19. The highest BCUT2D eigenvalue weighted by Gasteiger charge is 2.35. The fraction of sp³-hybridized carbons (Fsp3) is 0.667. The molecule has 0 bridgehead atoms. The largest absolute Gasteiger partial charge is 0.341 e. The number of nitrogens with zero attached hydrogens (tertiary/aromatic N) is 6. The number of anilines is 1. The minimum absolute atomic E-state index is 0.0868. The summed E-state index contributed by atoms with van der Waals surface area (Å²) in [7, 11) is 1.99. The summed E-state index contributed by atoms with van der Waals surface area (Å²) in [6.45, 7) is 2.90. The molecule has 0 aromatic carbocycles. The second-order valence-electron chi connectivity index (χ2n) is 9.46. The number of aromatic nitrogens is 4. The summed E-state index contributed by atoms with van der Waals surface area (Å²) in [4.78, 5) is 27.1. The average molecular weight is 423 g/mol.